The molecule has 0 unspecified atom stereocenters. The molecule has 0 aromatic heterocycles. The lowest BCUT2D eigenvalue weighted by molar-refractivity contribution is 0.587. The van der Waals surface area contributed by atoms with Crippen LogP contribution in [0.2, 0.25) is 0 Å². The van der Waals surface area contributed by atoms with Gasteiger partial charge in [0, 0.05) is 46.4 Å². The minimum absolute atomic E-state index is 0.578. The van der Waals surface area contributed by atoms with Crippen LogP contribution in [0.25, 0.3) is 0 Å². The zero-order chi connectivity index (χ0) is 62.8. The van der Waals surface area contributed by atoms with E-state index in [2.05, 4.69) is 340 Å². The molecule has 0 spiro atoms. The van der Waals surface area contributed by atoms with Gasteiger partial charge >= 0.3 is 0 Å². The second-order valence-corrected chi connectivity index (χ2v) is 45.7. The second kappa shape index (κ2) is 30.7. The fourth-order valence-electron chi connectivity index (χ4n) is 14.5. The van der Waals surface area contributed by atoms with Crippen molar-refractivity contribution in [2.24, 2.45) is 0 Å². The summed E-state index contributed by atoms with van der Waals surface area (Å²) < 4.78 is 32.4. The Bertz CT molecular complexity index is 3730. The first-order valence-electron chi connectivity index (χ1n) is 32.6. The van der Waals surface area contributed by atoms with Gasteiger partial charge in [0.1, 0.15) is 26.6 Å². The highest BCUT2D eigenvalue weighted by Crippen LogP contribution is 2.68. The predicted octanol–water partition coefficient (Wildman–Crippen LogP) is 16.5. The molecule has 0 fully saturated rings. The standard InChI is InChI=1S/C84H84O2P6/c85-91(81-55-29-9-30-56-81,82-57-31-10-32-58-82)71-69-89(77-47-21-5-22-48-77,78-49-23-6-24-50-78)65-37-63-87(73-39-13-1-14-40-73,74-41-15-2-16-42-74)67-68-88(75-43-17-3-18-44-75,76-45-19-4-20-46-76)64-38-66-90(79-51-25-7-26-52-79,80-53-27-8-28-54-80)70-72-92(86,83-59-33-11-34-60-83)84-61-35-12-36-62-84/h1-36,39-62H,37-38,63-72H2/q+4. The van der Waals surface area contributed by atoms with Crippen LogP contribution in [0.5, 0.6) is 0 Å². The van der Waals surface area contributed by atoms with Crippen molar-refractivity contribution in [2.45, 2.75) is 12.8 Å². The summed E-state index contributed by atoms with van der Waals surface area (Å²) in [6, 6.07) is 133. The monoisotopic (exact) mass is 1310 g/mol. The van der Waals surface area contributed by atoms with Crippen molar-refractivity contribution in [3.63, 3.8) is 0 Å². The van der Waals surface area contributed by atoms with Crippen molar-refractivity contribution >= 4 is 107 Å². The van der Waals surface area contributed by atoms with Gasteiger partial charge in [-0.1, -0.05) is 267 Å². The molecule has 0 N–H and O–H groups in total. The summed E-state index contributed by atoms with van der Waals surface area (Å²) in [5.41, 5.74) is 0. The van der Waals surface area contributed by atoms with Crippen molar-refractivity contribution in [3.8, 4) is 0 Å². The van der Waals surface area contributed by atoms with Crippen LogP contribution in [0.1, 0.15) is 12.8 Å². The summed E-state index contributed by atoms with van der Waals surface area (Å²) in [6.45, 7) is 0. The smallest absolute Gasteiger partial charge is 0.146 e. The highest BCUT2D eigenvalue weighted by atomic mass is 31.2. The van der Waals surface area contributed by atoms with Crippen molar-refractivity contribution in [1.29, 1.82) is 0 Å². The maximum absolute atomic E-state index is 16.2. The van der Waals surface area contributed by atoms with Crippen LogP contribution in [-0.2, 0) is 9.13 Å². The molecule has 0 aliphatic carbocycles. The van der Waals surface area contributed by atoms with Crippen molar-refractivity contribution in [3.05, 3.63) is 364 Å². The van der Waals surface area contributed by atoms with Gasteiger partial charge in [-0.2, -0.15) is 0 Å². The molecule has 0 atom stereocenters. The predicted molar refractivity (Wildman–Crippen MR) is 414 cm³/mol. The Balaban J connectivity index is 0.957. The lowest BCUT2D eigenvalue weighted by atomic mass is 10.4. The van der Waals surface area contributed by atoms with Crippen molar-refractivity contribution in [1.82, 2.24) is 0 Å². The molecule has 8 heteroatoms. The molecule has 12 aromatic carbocycles. The summed E-state index contributed by atoms with van der Waals surface area (Å²) in [6.07, 6.45) is 11.0. The summed E-state index contributed by atoms with van der Waals surface area (Å²) in [5, 5.41) is 15.1. The molecular formula is C84H84O2P6+4. The minimum Gasteiger partial charge on any atom is -0.314 e. The molecule has 0 bridgehead atoms. The summed E-state index contributed by atoms with van der Waals surface area (Å²) in [7, 11) is -15.1. The fourth-order valence-corrected chi connectivity index (χ4v) is 41.9. The Kier molecular flexibility index (Phi) is 21.7. The van der Waals surface area contributed by atoms with Crippen LogP contribution in [0.3, 0.4) is 0 Å². The third-order valence-electron chi connectivity index (χ3n) is 19.3. The van der Waals surface area contributed by atoms with Gasteiger partial charge in [-0.25, -0.2) is 0 Å². The second-order valence-electron chi connectivity index (χ2n) is 24.3. The van der Waals surface area contributed by atoms with Crippen molar-refractivity contribution < 1.29 is 9.13 Å². The lowest BCUT2D eigenvalue weighted by Gasteiger charge is -2.34. The van der Waals surface area contributed by atoms with Crippen LogP contribution in [0, 0.1) is 0 Å². The molecule has 0 aliphatic heterocycles. The summed E-state index contributed by atoms with van der Waals surface area (Å²) in [5.74, 6) is 0. The van der Waals surface area contributed by atoms with E-state index in [0.717, 1.165) is 83.4 Å². The maximum atomic E-state index is 16.2. The highest BCUT2D eigenvalue weighted by Gasteiger charge is 2.53. The van der Waals surface area contributed by atoms with E-state index < -0.39 is 43.3 Å². The first-order valence-corrected chi connectivity index (χ1v) is 45.1. The van der Waals surface area contributed by atoms with Crippen molar-refractivity contribution in [2.75, 3.05) is 61.6 Å². The minimum atomic E-state index is -3.07. The Morgan fingerprint density at radius 1 is 0.174 bits per heavy atom. The largest absolute Gasteiger partial charge is 0.314 e. The number of rotatable bonds is 29. The van der Waals surface area contributed by atoms with E-state index >= 15 is 9.13 Å². The first kappa shape index (κ1) is 64.9. The van der Waals surface area contributed by atoms with Gasteiger partial charge in [0.2, 0.25) is 0 Å². The van der Waals surface area contributed by atoms with Gasteiger partial charge < -0.3 is 9.13 Å². The molecule has 0 aliphatic rings. The van der Waals surface area contributed by atoms with E-state index in [1.807, 2.05) is 24.3 Å². The van der Waals surface area contributed by atoms with Gasteiger partial charge in [-0.3, -0.25) is 0 Å². The quantitative estimate of drug-likeness (QED) is 0.0438. The Labute approximate surface area is 550 Å². The molecule has 458 valence electrons. The molecule has 12 aromatic rings. The van der Waals surface area contributed by atoms with Gasteiger partial charge in [0.25, 0.3) is 0 Å². The molecule has 0 saturated carbocycles. The van der Waals surface area contributed by atoms with Crippen LogP contribution in [0.4, 0.5) is 0 Å². The van der Waals surface area contributed by atoms with Crippen LogP contribution < -0.4 is 63.7 Å². The lowest BCUT2D eigenvalue weighted by Crippen LogP contribution is -2.35. The zero-order valence-corrected chi connectivity index (χ0v) is 58.0. The SMILES string of the molecule is O=P(CC[P+](CCC[P+](CC[P+](CCC[P+](CCP(=O)(c1ccccc1)c1ccccc1)(c1ccccc1)c1ccccc1)(c1ccccc1)c1ccccc1)(c1ccccc1)c1ccccc1)(c1ccccc1)c1ccccc1)(c1ccccc1)c1ccccc1. The fraction of sp³-hybridized carbons (Fsp3) is 0.143. The molecule has 2 nitrogen and oxygen atoms in total. The normalized spacial score (nSPS) is 12.3. The Morgan fingerprint density at radius 3 is 0.478 bits per heavy atom. The van der Waals surface area contributed by atoms with E-state index in [0.29, 0.717) is 12.3 Å². The highest BCUT2D eigenvalue weighted by molar-refractivity contribution is 7.94. The number of benzene rings is 12. The van der Waals surface area contributed by atoms with Gasteiger partial charge in [0.15, 0.2) is 0 Å². The number of hydrogen-bond donors (Lipinski definition) is 0. The Morgan fingerprint density at radius 2 is 0.315 bits per heavy atom. The van der Waals surface area contributed by atoms with E-state index in [4.69, 9.17) is 0 Å². The molecular weight excluding hydrogens is 1230 g/mol. The summed E-state index contributed by atoms with van der Waals surface area (Å²) >= 11 is 0. The van der Waals surface area contributed by atoms with Gasteiger partial charge in [-0.15, -0.1) is 0 Å². The third-order valence-corrected chi connectivity index (χ3v) is 45.2. The first-order chi connectivity index (χ1) is 45.3. The molecule has 0 heterocycles. The Hall–Kier alpha value is -7.18. The zero-order valence-electron chi connectivity index (χ0n) is 52.6. The maximum Gasteiger partial charge on any atom is 0.146 e. The van der Waals surface area contributed by atoms with Gasteiger partial charge in [0.05, 0.1) is 108 Å². The van der Waals surface area contributed by atoms with E-state index in [1.165, 1.54) is 42.4 Å². The average molecular weight is 1310 g/mol. The van der Waals surface area contributed by atoms with E-state index in [9.17, 15) is 0 Å². The summed E-state index contributed by atoms with van der Waals surface area (Å²) in [4.78, 5) is 0. The van der Waals surface area contributed by atoms with Crippen LogP contribution in [0.15, 0.2) is 364 Å². The molecule has 0 radical (unpaired) electrons. The van der Waals surface area contributed by atoms with Gasteiger partial charge in [-0.05, 0) is 97.1 Å². The van der Waals surface area contributed by atoms with Crippen LogP contribution >= 0.6 is 43.3 Å². The molecule has 12 rings (SSSR count). The van der Waals surface area contributed by atoms with Crippen LogP contribution in [-0.4, -0.2) is 61.6 Å². The van der Waals surface area contributed by atoms with E-state index in [1.54, 1.807) is 0 Å². The number of hydrogen-bond acceptors (Lipinski definition) is 2. The van der Waals surface area contributed by atoms with E-state index in [-0.39, 0.29) is 0 Å². The molecule has 92 heavy (non-hydrogen) atoms. The average Bonchev–Trinajstić information content (AvgIpc) is 0.813. The third kappa shape index (κ3) is 14.2. The molecule has 0 amide bonds. The topological polar surface area (TPSA) is 34.1 Å². The molecule has 0 saturated heterocycles.